The number of oxazole rings is 1. The Morgan fingerprint density at radius 1 is 1.23 bits per heavy atom. The number of nitrogens with two attached hydrogens (primary N) is 1. The SMILES string of the molecule is CN(C)c1nc2cc(-c3noc(C4CCN(CCN)CC4)n3)ccc2o1. The Hall–Kier alpha value is -2.45. The zero-order valence-corrected chi connectivity index (χ0v) is 15.2. The van der Waals surface area contributed by atoms with Crippen molar-refractivity contribution in [2.24, 2.45) is 5.73 Å². The van der Waals surface area contributed by atoms with Crippen LogP contribution < -0.4 is 10.6 Å². The second-order valence-corrected chi connectivity index (χ2v) is 6.93. The third-order valence-electron chi connectivity index (χ3n) is 4.84. The van der Waals surface area contributed by atoms with E-state index in [1.807, 2.05) is 37.2 Å². The number of piperidine rings is 1. The van der Waals surface area contributed by atoms with E-state index in [-0.39, 0.29) is 0 Å². The van der Waals surface area contributed by atoms with Gasteiger partial charge in [-0.1, -0.05) is 5.16 Å². The highest BCUT2D eigenvalue weighted by Gasteiger charge is 2.25. The van der Waals surface area contributed by atoms with Gasteiger partial charge in [-0.25, -0.2) is 0 Å². The fourth-order valence-corrected chi connectivity index (χ4v) is 3.35. The molecule has 1 aromatic carbocycles. The van der Waals surface area contributed by atoms with Gasteiger partial charge in [-0.3, -0.25) is 0 Å². The zero-order chi connectivity index (χ0) is 18.1. The van der Waals surface area contributed by atoms with Gasteiger partial charge in [0.1, 0.15) is 5.52 Å². The lowest BCUT2D eigenvalue weighted by atomic mass is 9.97. The van der Waals surface area contributed by atoms with Gasteiger partial charge in [-0.2, -0.15) is 9.97 Å². The molecule has 0 saturated carbocycles. The topological polar surface area (TPSA) is 97.5 Å². The molecule has 0 amide bonds. The number of nitrogens with zero attached hydrogens (tertiary/aromatic N) is 5. The van der Waals surface area contributed by atoms with Gasteiger partial charge in [0.05, 0.1) is 0 Å². The van der Waals surface area contributed by atoms with E-state index in [1.54, 1.807) is 0 Å². The van der Waals surface area contributed by atoms with Gasteiger partial charge in [0.2, 0.25) is 11.7 Å². The number of benzene rings is 1. The molecule has 8 nitrogen and oxygen atoms in total. The van der Waals surface area contributed by atoms with Gasteiger partial charge >= 0.3 is 0 Å². The number of aromatic nitrogens is 3. The second-order valence-electron chi connectivity index (χ2n) is 6.93. The molecule has 0 unspecified atom stereocenters. The normalized spacial score (nSPS) is 16.4. The molecule has 0 aliphatic carbocycles. The maximum atomic E-state index is 5.69. The van der Waals surface area contributed by atoms with Gasteiger partial charge in [0.15, 0.2) is 5.58 Å². The highest BCUT2D eigenvalue weighted by molar-refractivity contribution is 5.80. The van der Waals surface area contributed by atoms with E-state index >= 15 is 0 Å². The van der Waals surface area contributed by atoms with Crippen molar-refractivity contribution in [2.45, 2.75) is 18.8 Å². The lowest BCUT2D eigenvalue weighted by molar-refractivity contribution is 0.198. The van der Waals surface area contributed by atoms with Gasteiger partial charge < -0.3 is 24.5 Å². The van der Waals surface area contributed by atoms with E-state index in [4.69, 9.17) is 14.7 Å². The van der Waals surface area contributed by atoms with Crippen LogP contribution in [0, 0.1) is 0 Å². The molecule has 1 aliphatic heterocycles. The lowest BCUT2D eigenvalue weighted by Gasteiger charge is -2.29. The molecule has 4 rings (SSSR count). The summed E-state index contributed by atoms with van der Waals surface area (Å²) in [5.74, 6) is 1.64. The molecular formula is C18H24N6O2. The molecule has 26 heavy (non-hydrogen) atoms. The monoisotopic (exact) mass is 356 g/mol. The van der Waals surface area contributed by atoms with Crippen LogP contribution in [0.1, 0.15) is 24.7 Å². The number of hydrogen-bond donors (Lipinski definition) is 1. The van der Waals surface area contributed by atoms with Crippen molar-refractivity contribution in [1.29, 1.82) is 0 Å². The van der Waals surface area contributed by atoms with E-state index in [0.29, 0.717) is 24.3 Å². The van der Waals surface area contributed by atoms with E-state index in [0.717, 1.165) is 55.0 Å². The molecule has 2 aromatic heterocycles. The van der Waals surface area contributed by atoms with Crippen molar-refractivity contribution in [3.63, 3.8) is 0 Å². The van der Waals surface area contributed by atoms with Crippen molar-refractivity contribution >= 4 is 17.1 Å². The molecule has 1 aliphatic rings. The number of hydrogen-bond acceptors (Lipinski definition) is 8. The maximum Gasteiger partial charge on any atom is 0.297 e. The molecule has 1 fully saturated rings. The summed E-state index contributed by atoms with van der Waals surface area (Å²) in [5.41, 5.74) is 8.04. The summed E-state index contributed by atoms with van der Waals surface area (Å²) in [5, 5.41) is 4.18. The highest BCUT2D eigenvalue weighted by atomic mass is 16.5. The summed E-state index contributed by atoms with van der Waals surface area (Å²) in [4.78, 5) is 13.3. The Morgan fingerprint density at radius 3 is 2.77 bits per heavy atom. The molecule has 0 spiro atoms. The van der Waals surface area contributed by atoms with Gasteiger partial charge in [0.25, 0.3) is 6.01 Å². The third-order valence-corrected chi connectivity index (χ3v) is 4.84. The fraction of sp³-hybridized carbons (Fsp3) is 0.500. The van der Waals surface area contributed by atoms with Crippen LogP contribution >= 0.6 is 0 Å². The summed E-state index contributed by atoms with van der Waals surface area (Å²) in [6.45, 7) is 3.71. The zero-order valence-electron chi connectivity index (χ0n) is 15.2. The molecule has 0 atom stereocenters. The summed E-state index contributed by atoms with van der Waals surface area (Å²) >= 11 is 0. The number of anilines is 1. The average Bonchev–Trinajstić information content (AvgIpc) is 3.29. The Bertz CT molecular complexity index is 879. The number of likely N-dealkylation sites (tertiary alicyclic amines) is 1. The molecule has 0 radical (unpaired) electrons. The molecule has 1 saturated heterocycles. The first kappa shape index (κ1) is 17.0. The smallest absolute Gasteiger partial charge is 0.297 e. The van der Waals surface area contributed by atoms with Crippen molar-refractivity contribution in [2.75, 3.05) is 45.2 Å². The van der Waals surface area contributed by atoms with Crippen LogP contribution in [0.25, 0.3) is 22.5 Å². The Balaban J connectivity index is 1.52. The largest absolute Gasteiger partial charge is 0.423 e. The molecule has 8 heteroatoms. The molecule has 3 heterocycles. The molecule has 138 valence electrons. The highest BCUT2D eigenvalue weighted by Crippen LogP contribution is 2.30. The van der Waals surface area contributed by atoms with Crippen molar-refractivity contribution < 1.29 is 8.94 Å². The predicted octanol–water partition coefficient (Wildman–Crippen LogP) is 2.08. The van der Waals surface area contributed by atoms with Crippen molar-refractivity contribution in [3.05, 3.63) is 24.1 Å². The summed E-state index contributed by atoms with van der Waals surface area (Å²) in [7, 11) is 3.80. The van der Waals surface area contributed by atoms with Crippen LogP contribution in [0.5, 0.6) is 0 Å². The lowest BCUT2D eigenvalue weighted by Crippen LogP contribution is -2.36. The van der Waals surface area contributed by atoms with Gasteiger partial charge in [-0.15, -0.1) is 0 Å². The Morgan fingerprint density at radius 2 is 2.04 bits per heavy atom. The standard InChI is InChI=1S/C18H24N6O2/c1-23(2)18-20-14-11-13(3-4-15(14)25-18)16-21-17(26-22-16)12-5-8-24(9-6-12)10-7-19/h3-4,11-12H,5-10,19H2,1-2H3. The first-order chi connectivity index (χ1) is 12.6. The Kier molecular flexibility index (Phi) is 4.60. The first-order valence-corrected chi connectivity index (χ1v) is 8.98. The Labute approximate surface area is 152 Å². The quantitative estimate of drug-likeness (QED) is 0.742. The van der Waals surface area contributed by atoms with Crippen LogP contribution in [0.2, 0.25) is 0 Å². The minimum atomic E-state index is 0.321. The van der Waals surface area contributed by atoms with Crippen LogP contribution in [-0.2, 0) is 0 Å². The van der Waals surface area contributed by atoms with Crippen LogP contribution in [0.15, 0.2) is 27.1 Å². The van der Waals surface area contributed by atoms with Crippen LogP contribution in [0.3, 0.4) is 0 Å². The number of rotatable bonds is 5. The van der Waals surface area contributed by atoms with Crippen LogP contribution in [-0.4, -0.2) is 60.3 Å². The predicted molar refractivity (Wildman–Crippen MR) is 99.1 cm³/mol. The maximum absolute atomic E-state index is 5.69. The van der Waals surface area contributed by atoms with Crippen molar-refractivity contribution in [1.82, 2.24) is 20.0 Å². The molecule has 0 bridgehead atoms. The van der Waals surface area contributed by atoms with Gasteiger partial charge in [-0.05, 0) is 44.1 Å². The minimum Gasteiger partial charge on any atom is -0.423 e. The number of fused-ring (bicyclic) bond motifs is 1. The van der Waals surface area contributed by atoms with Crippen LogP contribution in [0.4, 0.5) is 6.01 Å². The average molecular weight is 356 g/mol. The summed E-state index contributed by atoms with van der Waals surface area (Å²) in [6.07, 6.45) is 2.05. The summed E-state index contributed by atoms with van der Waals surface area (Å²) in [6, 6.07) is 6.34. The van der Waals surface area contributed by atoms with E-state index in [9.17, 15) is 0 Å². The van der Waals surface area contributed by atoms with Crippen molar-refractivity contribution in [3.8, 4) is 11.4 Å². The summed E-state index contributed by atoms with van der Waals surface area (Å²) < 4.78 is 11.2. The van der Waals surface area contributed by atoms with E-state index < -0.39 is 0 Å². The molecular weight excluding hydrogens is 332 g/mol. The van der Waals surface area contributed by atoms with E-state index in [1.165, 1.54) is 0 Å². The second kappa shape index (κ2) is 7.05. The first-order valence-electron chi connectivity index (χ1n) is 8.98. The molecule has 3 aromatic rings. The van der Waals surface area contributed by atoms with Gasteiger partial charge in [0, 0.05) is 38.7 Å². The fourth-order valence-electron chi connectivity index (χ4n) is 3.35. The third kappa shape index (κ3) is 3.30. The minimum absolute atomic E-state index is 0.321. The van der Waals surface area contributed by atoms with E-state index in [2.05, 4.69) is 20.0 Å². The molecule has 2 N–H and O–H groups in total.